The highest BCUT2D eigenvalue weighted by Crippen LogP contribution is 2.28. The molecule has 0 radical (unpaired) electrons. The summed E-state index contributed by atoms with van der Waals surface area (Å²) in [7, 11) is 1.42. The summed E-state index contributed by atoms with van der Waals surface area (Å²) in [6.45, 7) is 0.376. The number of hydrogen-bond donors (Lipinski definition) is 1. The number of carbonyl (C=O) groups excluding carboxylic acids is 1. The monoisotopic (exact) mass is 263 g/mol. The van der Waals surface area contributed by atoms with Gasteiger partial charge in [-0.05, 0) is 6.07 Å². The van der Waals surface area contributed by atoms with Crippen molar-refractivity contribution in [1.29, 1.82) is 0 Å². The number of ether oxygens (including phenoxy) is 1. The number of rotatable bonds is 5. The third-order valence-corrected chi connectivity index (χ3v) is 2.71. The lowest BCUT2D eigenvalue weighted by Gasteiger charge is -2.05. The van der Waals surface area contributed by atoms with Crippen LogP contribution in [0.25, 0.3) is 11.1 Å². The van der Waals surface area contributed by atoms with Crippen molar-refractivity contribution >= 4 is 5.91 Å². The summed E-state index contributed by atoms with van der Waals surface area (Å²) in [5.41, 5.74) is 6.10. The van der Waals surface area contributed by atoms with Gasteiger partial charge in [-0.2, -0.15) is 5.10 Å². The second kappa shape index (κ2) is 5.51. The molecule has 0 spiro atoms. The Morgan fingerprint density at radius 1 is 1.53 bits per heavy atom. The molecule has 1 aromatic carbocycles. The van der Waals surface area contributed by atoms with Gasteiger partial charge in [0.2, 0.25) is 5.91 Å². The molecule has 1 heterocycles. The first-order valence-corrected chi connectivity index (χ1v) is 5.75. The molecule has 0 bridgehead atoms. The summed E-state index contributed by atoms with van der Waals surface area (Å²) >= 11 is 0. The van der Waals surface area contributed by atoms with Crippen molar-refractivity contribution in [1.82, 2.24) is 9.78 Å². The van der Waals surface area contributed by atoms with Crippen molar-refractivity contribution < 1.29 is 13.9 Å². The second-order valence-electron chi connectivity index (χ2n) is 4.03. The number of aryl methyl sites for hydroxylation is 1. The average Bonchev–Trinajstić information content (AvgIpc) is 2.85. The van der Waals surface area contributed by atoms with Gasteiger partial charge in [0.1, 0.15) is 0 Å². The Labute approximate surface area is 109 Å². The van der Waals surface area contributed by atoms with Gasteiger partial charge in [-0.15, -0.1) is 0 Å². The lowest BCUT2D eigenvalue weighted by atomic mass is 10.1. The van der Waals surface area contributed by atoms with E-state index in [1.54, 1.807) is 35.3 Å². The Balaban J connectivity index is 2.25. The standard InChI is InChI=1S/C13H14FN3O2/c1-19-11-4-2-3-10(13(11)14)9-7-16-17(8-9)6-5-12(15)18/h2-4,7-8H,5-6H2,1H3,(H2,15,18). The number of hydrogen-bond acceptors (Lipinski definition) is 3. The molecule has 19 heavy (non-hydrogen) atoms. The number of aromatic nitrogens is 2. The predicted octanol–water partition coefficient (Wildman–Crippen LogP) is 1.57. The van der Waals surface area contributed by atoms with Crippen LogP contribution in [-0.2, 0) is 11.3 Å². The van der Waals surface area contributed by atoms with E-state index in [-0.39, 0.29) is 12.2 Å². The molecule has 0 aliphatic rings. The highest BCUT2D eigenvalue weighted by Gasteiger charge is 2.12. The summed E-state index contributed by atoms with van der Waals surface area (Å²) in [5, 5.41) is 4.06. The normalized spacial score (nSPS) is 10.4. The molecule has 0 aliphatic heterocycles. The number of amides is 1. The Kier molecular flexibility index (Phi) is 3.79. The molecular formula is C13H14FN3O2. The fourth-order valence-corrected chi connectivity index (χ4v) is 1.74. The van der Waals surface area contributed by atoms with Crippen LogP contribution < -0.4 is 10.5 Å². The molecule has 0 unspecified atom stereocenters. The van der Waals surface area contributed by atoms with Crippen molar-refractivity contribution in [3.05, 3.63) is 36.4 Å². The van der Waals surface area contributed by atoms with Gasteiger partial charge in [-0.3, -0.25) is 9.48 Å². The maximum Gasteiger partial charge on any atom is 0.219 e. The highest BCUT2D eigenvalue weighted by atomic mass is 19.1. The van der Waals surface area contributed by atoms with Crippen molar-refractivity contribution in [2.75, 3.05) is 7.11 Å². The molecule has 2 rings (SSSR count). The third kappa shape index (κ3) is 2.90. The van der Waals surface area contributed by atoms with Crippen LogP contribution in [0.5, 0.6) is 5.75 Å². The fraction of sp³-hybridized carbons (Fsp3) is 0.231. The largest absolute Gasteiger partial charge is 0.494 e. The number of nitrogens with zero attached hydrogens (tertiary/aromatic N) is 2. The van der Waals surface area contributed by atoms with Crippen LogP contribution in [0.2, 0.25) is 0 Å². The number of halogens is 1. The molecule has 0 saturated carbocycles. The molecule has 1 amide bonds. The first kappa shape index (κ1) is 13.1. The Hall–Kier alpha value is -2.37. The van der Waals surface area contributed by atoms with E-state index in [1.807, 2.05) is 0 Å². The Morgan fingerprint density at radius 3 is 3.00 bits per heavy atom. The summed E-state index contributed by atoms with van der Waals surface area (Å²) in [6, 6.07) is 4.90. The zero-order valence-electron chi connectivity index (χ0n) is 10.5. The number of benzene rings is 1. The quantitative estimate of drug-likeness (QED) is 0.890. The highest BCUT2D eigenvalue weighted by molar-refractivity contribution is 5.73. The lowest BCUT2D eigenvalue weighted by molar-refractivity contribution is -0.118. The van der Waals surface area contributed by atoms with Gasteiger partial charge in [0.15, 0.2) is 11.6 Å². The van der Waals surface area contributed by atoms with Crippen LogP contribution in [-0.4, -0.2) is 22.8 Å². The minimum absolute atomic E-state index is 0.183. The number of carbonyl (C=O) groups is 1. The van der Waals surface area contributed by atoms with E-state index in [1.165, 1.54) is 7.11 Å². The van der Waals surface area contributed by atoms with Gasteiger partial charge in [-0.25, -0.2) is 4.39 Å². The molecule has 6 heteroatoms. The fourth-order valence-electron chi connectivity index (χ4n) is 1.74. The van der Waals surface area contributed by atoms with Gasteiger partial charge in [0.05, 0.1) is 13.3 Å². The first-order chi connectivity index (χ1) is 9.11. The zero-order chi connectivity index (χ0) is 13.8. The first-order valence-electron chi connectivity index (χ1n) is 5.75. The Morgan fingerprint density at radius 2 is 2.32 bits per heavy atom. The van der Waals surface area contributed by atoms with Crippen LogP contribution >= 0.6 is 0 Å². The molecule has 2 N–H and O–H groups in total. The van der Waals surface area contributed by atoms with Crippen LogP contribution in [0.4, 0.5) is 4.39 Å². The van der Waals surface area contributed by atoms with Crippen LogP contribution in [0.1, 0.15) is 6.42 Å². The van der Waals surface area contributed by atoms with Gasteiger partial charge in [-0.1, -0.05) is 12.1 Å². The van der Waals surface area contributed by atoms with E-state index in [2.05, 4.69) is 5.10 Å². The molecule has 100 valence electrons. The molecule has 0 atom stereocenters. The van der Waals surface area contributed by atoms with Crippen LogP contribution in [0.15, 0.2) is 30.6 Å². The number of primary amides is 1. The summed E-state index contributed by atoms with van der Waals surface area (Å²) < 4.78 is 20.5. The van der Waals surface area contributed by atoms with Crippen molar-refractivity contribution in [3.63, 3.8) is 0 Å². The lowest BCUT2D eigenvalue weighted by Crippen LogP contribution is -2.13. The van der Waals surface area contributed by atoms with E-state index in [4.69, 9.17) is 10.5 Å². The van der Waals surface area contributed by atoms with Gasteiger partial charge in [0.25, 0.3) is 0 Å². The maximum absolute atomic E-state index is 14.0. The molecule has 2 aromatic rings. The minimum Gasteiger partial charge on any atom is -0.494 e. The second-order valence-corrected chi connectivity index (χ2v) is 4.03. The van der Waals surface area contributed by atoms with E-state index in [9.17, 15) is 9.18 Å². The predicted molar refractivity (Wildman–Crippen MR) is 68.0 cm³/mol. The van der Waals surface area contributed by atoms with Gasteiger partial charge in [0, 0.05) is 30.3 Å². The van der Waals surface area contributed by atoms with Crippen LogP contribution in [0, 0.1) is 5.82 Å². The third-order valence-electron chi connectivity index (χ3n) is 2.71. The molecular weight excluding hydrogens is 249 g/mol. The van der Waals surface area contributed by atoms with E-state index in [0.717, 1.165) is 0 Å². The van der Waals surface area contributed by atoms with Gasteiger partial charge < -0.3 is 10.5 Å². The zero-order valence-corrected chi connectivity index (χ0v) is 10.5. The Bertz CT molecular complexity index is 595. The van der Waals surface area contributed by atoms with Crippen molar-refractivity contribution in [3.8, 4) is 16.9 Å². The summed E-state index contributed by atoms with van der Waals surface area (Å²) in [5.74, 6) is -0.647. The smallest absolute Gasteiger partial charge is 0.219 e. The van der Waals surface area contributed by atoms with E-state index in [0.29, 0.717) is 17.7 Å². The maximum atomic E-state index is 14.0. The van der Waals surface area contributed by atoms with E-state index < -0.39 is 11.7 Å². The summed E-state index contributed by atoms with van der Waals surface area (Å²) in [6.07, 6.45) is 3.40. The number of methoxy groups -OCH3 is 1. The molecule has 0 saturated heterocycles. The molecule has 5 nitrogen and oxygen atoms in total. The SMILES string of the molecule is COc1cccc(-c2cnn(CCC(N)=O)c2)c1F. The molecule has 0 aliphatic carbocycles. The molecule has 1 aromatic heterocycles. The van der Waals surface area contributed by atoms with Crippen LogP contribution in [0.3, 0.4) is 0 Å². The van der Waals surface area contributed by atoms with E-state index >= 15 is 0 Å². The van der Waals surface area contributed by atoms with Gasteiger partial charge >= 0.3 is 0 Å². The van der Waals surface area contributed by atoms with Crippen molar-refractivity contribution in [2.45, 2.75) is 13.0 Å². The van der Waals surface area contributed by atoms with Crippen molar-refractivity contribution in [2.24, 2.45) is 5.73 Å². The minimum atomic E-state index is -0.431. The topological polar surface area (TPSA) is 70.1 Å². The number of nitrogens with two attached hydrogens (primary N) is 1. The summed E-state index contributed by atoms with van der Waals surface area (Å²) in [4.78, 5) is 10.7. The average molecular weight is 263 g/mol. The molecule has 0 fully saturated rings.